The number of rotatable bonds is 6. The molecule has 0 aliphatic carbocycles. The Kier molecular flexibility index (Phi) is 5.71. The molecule has 6 rings (SSSR count). The third kappa shape index (κ3) is 3.27. The van der Waals surface area contributed by atoms with Crippen molar-refractivity contribution in [2.45, 2.75) is 24.4 Å². The molecule has 4 unspecified atom stereocenters. The van der Waals surface area contributed by atoms with Gasteiger partial charge >= 0.3 is 0 Å². The van der Waals surface area contributed by atoms with Gasteiger partial charge in [-0.05, 0) is 42.3 Å². The molecule has 3 heterocycles. The Hall–Kier alpha value is -4.59. The van der Waals surface area contributed by atoms with Gasteiger partial charge in [0.05, 0.1) is 39.3 Å². The molecule has 1 fully saturated rings. The van der Waals surface area contributed by atoms with Crippen LogP contribution in [0.15, 0.2) is 66.7 Å². The van der Waals surface area contributed by atoms with Gasteiger partial charge in [0.1, 0.15) is 5.41 Å². The van der Waals surface area contributed by atoms with Crippen LogP contribution >= 0.6 is 0 Å². The topological polar surface area (TPSA) is 94.2 Å². The Morgan fingerprint density at radius 3 is 2.26 bits per heavy atom. The molecule has 198 valence electrons. The Labute approximate surface area is 226 Å². The number of anilines is 2. The van der Waals surface area contributed by atoms with Crippen molar-refractivity contribution in [2.24, 2.45) is 5.92 Å². The molecule has 1 N–H and O–H groups in total. The fourth-order valence-electron chi connectivity index (χ4n) is 6.68. The van der Waals surface area contributed by atoms with Crippen molar-refractivity contribution in [3.63, 3.8) is 0 Å². The summed E-state index contributed by atoms with van der Waals surface area (Å²) in [6.45, 7) is 1.48. The lowest BCUT2D eigenvalue weighted by Crippen LogP contribution is -2.51. The first-order chi connectivity index (χ1) is 18.9. The highest BCUT2D eigenvalue weighted by atomic mass is 16.5. The zero-order valence-electron chi connectivity index (χ0n) is 22.1. The van der Waals surface area contributed by atoms with E-state index in [1.54, 1.807) is 12.1 Å². The number of carbonyl (C=O) groups excluding carboxylic acids is 3. The molecule has 3 aliphatic rings. The highest BCUT2D eigenvalue weighted by Gasteiger charge is 2.69. The number of fused-ring (bicyclic) bond motifs is 6. The molecule has 0 saturated carbocycles. The number of nitrogens with one attached hydrogen (secondary N) is 1. The number of nitrogens with zero attached hydrogens (tertiary/aromatic N) is 1. The number of carbonyl (C=O) groups is 3. The molecule has 8 heteroatoms. The van der Waals surface area contributed by atoms with Crippen molar-refractivity contribution < 1.29 is 28.6 Å². The molecule has 3 aromatic carbocycles. The first kappa shape index (κ1) is 24.7. The molecule has 3 aromatic rings. The van der Waals surface area contributed by atoms with Gasteiger partial charge in [-0.3, -0.25) is 14.4 Å². The summed E-state index contributed by atoms with van der Waals surface area (Å²) < 4.78 is 16.5. The maximum Gasteiger partial charge on any atom is 0.238 e. The van der Waals surface area contributed by atoms with Crippen LogP contribution in [0, 0.1) is 5.92 Å². The van der Waals surface area contributed by atoms with Gasteiger partial charge < -0.3 is 24.4 Å². The molecule has 3 aliphatic heterocycles. The summed E-state index contributed by atoms with van der Waals surface area (Å²) in [7, 11) is 4.44. The molecule has 0 radical (unpaired) electrons. The standard InChI is InChI=1S/C31H28N2O6/c1-17(34)27-26(28(35)19-15-23(37-2)29(39-4)24(16-19)38-3)31(20-10-6-7-11-21(20)32-30(31)36)25-14-13-18-9-5-8-12-22(18)33(25)27/h5-16,25-27H,1-4H3,(H,32,36). The van der Waals surface area contributed by atoms with Gasteiger partial charge in [0.15, 0.2) is 23.1 Å². The van der Waals surface area contributed by atoms with Gasteiger partial charge in [0, 0.05) is 16.9 Å². The van der Waals surface area contributed by atoms with Crippen molar-refractivity contribution in [2.75, 3.05) is 31.5 Å². The van der Waals surface area contributed by atoms with E-state index in [1.165, 1.54) is 28.3 Å². The van der Waals surface area contributed by atoms with Crippen molar-refractivity contribution in [3.8, 4) is 17.2 Å². The van der Waals surface area contributed by atoms with Crippen LogP contribution in [0.4, 0.5) is 11.4 Å². The lowest BCUT2D eigenvalue weighted by molar-refractivity contribution is -0.122. The second-order valence-corrected chi connectivity index (χ2v) is 9.95. The van der Waals surface area contributed by atoms with Crippen LogP contribution in [0.1, 0.15) is 28.4 Å². The number of methoxy groups -OCH3 is 3. The molecule has 1 amide bonds. The summed E-state index contributed by atoms with van der Waals surface area (Å²) >= 11 is 0. The second-order valence-electron chi connectivity index (χ2n) is 9.95. The Morgan fingerprint density at radius 2 is 1.59 bits per heavy atom. The zero-order chi connectivity index (χ0) is 27.5. The maximum absolute atomic E-state index is 14.7. The number of amides is 1. The van der Waals surface area contributed by atoms with Crippen molar-refractivity contribution >= 4 is 34.9 Å². The van der Waals surface area contributed by atoms with E-state index in [0.717, 1.165) is 11.3 Å². The zero-order valence-corrected chi connectivity index (χ0v) is 22.1. The van der Waals surface area contributed by atoms with Crippen LogP contribution in [0.5, 0.6) is 17.2 Å². The third-order valence-corrected chi connectivity index (χ3v) is 8.19. The van der Waals surface area contributed by atoms with Gasteiger partial charge in [-0.1, -0.05) is 48.6 Å². The normalized spacial score (nSPS) is 24.1. The van der Waals surface area contributed by atoms with E-state index in [2.05, 4.69) is 5.32 Å². The van der Waals surface area contributed by atoms with Crippen LogP contribution in [-0.2, 0) is 15.0 Å². The van der Waals surface area contributed by atoms with E-state index in [0.29, 0.717) is 28.5 Å². The summed E-state index contributed by atoms with van der Waals surface area (Å²) in [5.74, 6) is -0.943. The molecule has 4 atom stereocenters. The second kappa shape index (κ2) is 9.01. The fraction of sp³-hybridized carbons (Fsp3) is 0.258. The van der Waals surface area contributed by atoms with Crippen LogP contribution in [-0.4, -0.2) is 50.9 Å². The maximum atomic E-state index is 14.7. The lowest BCUT2D eigenvalue weighted by Gasteiger charge is -2.37. The van der Waals surface area contributed by atoms with E-state index >= 15 is 0 Å². The van der Waals surface area contributed by atoms with Crippen molar-refractivity contribution in [1.29, 1.82) is 0 Å². The minimum absolute atomic E-state index is 0.204. The molecule has 1 saturated heterocycles. The summed E-state index contributed by atoms with van der Waals surface area (Å²) in [4.78, 5) is 44.4. The molecule has 39 heavy (non-hydrogen) atoms. The van der Waals surface area contributed by atoms with E-state index in [-0.39, 0.29) is 23.0 Å². The smallest absolute Gasteiger partial charge is 0.238 e. The Morgan fingerprint density at radius 1 is 0.923 bits per heavy atom. The molecule has 0 aromatic heterocycles. The summed E-state index contributed by atoms with van der Waals surface area (Å²) in [6.07, 6.45) is 3.92. The van der Waals surface area contributed by atoms with Gasteiger partial charge in [-0.15, -0.1) is 0 Å². The van der Waals surface area contributed by atoms with Crippen LogP contribution in [0.25, 0.3) is 6.08 Å². The summed E-state index contributed by atoms with van der Waals surface area (Å²) in [5.41, 5.74) is 1.97. The number of para-hydroxylation sites is 2. The first-order valence-corrected chi connectivity index (χ1v) is 12.7. The van der Waals surface area contributed by atoms with Crippen LogP contribution in [0.2, 0.25) is 0 Å². The average molecular weight is 525 g/mol. The molecule has 1 spiro atoms. The van der Waals surface area contributed by atoms with E-state index in [9.17, 15) is 14.4 Å². The first-order valence-electron chi connectivity index (χ1n) is 12.7. The van der Waals surface area contributed by atoms with Gasteiger partial charge in [0.25, 0.3) is 0 Å². The monoisotopic (exact) mass is 524 g/mol. The van der Waals surface area contributed by atoms with E-state index < -0.39 is 23.4 Å². The number of ether oxygens (including phenoxy) is 3. The summed E-state index contributed by atoms with van der Waals surface area (Å²) in [5, 5.41) is 3.01. The quantitative estimate of drug-likeness (QED) is 0.481. The molecular formula is C31H28N2O6. The minimum Gasteiger partial charge on any atom is -0.493 e. The fourth-order valence-corrected chi connectivity index (χ4v) is 6.68. The molecule has 0 bridgehead atoms. The SMILES string of the molecule is COc1cc(C(=O)C2C(C(C)=O)N3c4ccccc4C=CC3C23C(=O)Nc2ccccc23)cc(OC)c1OC. The number of benzene rings is 3. The van der Waals surface area contributed by atoms with E-state index in [4.69, 9.17) is 14.2 Å². The Balaban J connectivity index is 1.64. The van der Waals surface area contributed by atoms with Gasteiger partial charge in [-0.2, -0.15) is 0 Å². The number of Topliss-reactive ketones (excluding diaryl/α,β-unsaturated/α-hetero) is 2. The third-order valence-electron chi connectivity index (χ3n) is 8.19. The lowest BCUT2D eigenvalue weighted by atomic mass is 9.64. The molecule has 8 nitrogen and oxygen atoms in total. The number of hydrogen-bond donors (Lipinski definition) is 1. The average Bonchev–Trinajstić information content (AvgIpc) is 3.44. The van der Waals surface area contributed by atoms with Crippen molar-refractivity contribution in [3.05, 3.63) is 83.4 Å². The number of hydrogen-bond acceptors (Lipinski definition) is 7. The summed E-state index contributed by atoms with van der Waals surface area (Å²) in [6, 6.07) is 16.8. The van der Waals surface area contributed by atoms with Crippen LogP contribution in [0.3, 0.4) is 0 Å². The predicted molar refractivity (Wildman–Crippen MR) is 147 cm³/mol. The molecular weight excluding hydrogens is 496 g/mol. The Bertz CT molecular complexity index is 1540. The van der Waals surface area contributed by atoms with Crippen molar-refractivity contribution in [1.82, 2.24) is 0 Å². The van der Waals surface area contributed by atoms with Gasteiger partial charge in [-0.25, -0.2) is 0 Å². The predicted octanol–water partition coefficient (Wildman–Crippen LogP) is 4.27. The van der Waals surface area contributed by atoms with E-state index in [1.807, 2.05) is 65.6 Å². The highest BCUT2D eigenvalue weighted by molar-refractivity contribution is 6.16. The van der Waals surface area contributed by atoms with Gasteiger partial charge in [0.2, 0.25) is 11.7 Å². The largest absolute Gasteiger partial charge is 0.493 e. The number of ketones is 2. The highest BCUT2D eigenvalue weighted by Crippen LogP contribution is 2.58. The minimum atomic E-state index is -1.35. The van der Waals surface area contributed by atoms with Crippen LogP contribution < -0.4 is 24.4 Å².